The topological polar surface area (TPSA) is 213 Å². The van der Waals surface area contributed by atoms with Gasteiger partial charge in [0.05, 0.1) is 0 Å². The molecule has 0 fully saturated rings. The van der Waals surface area contributed by atoms with E-state index >= 15 is 0 Å². The fourth-order valence-corrected chi connectivity index (χ4v) is 5.47. The van der Waals surface area contributed by atoms with Crippen LogP contribution in [0, 0.1) is 0 Å². The zero-order chi connectivity index (χ0) is 35.1. The molecule has 0 amide bonds. The quantitative estimate of drug-likeness (QED) is 0.0330. The fraction of sp³-hybridized carbons (Fsp3) is 0.889. The molecule has 0 aromatic heterocycles. The maximum Gasteiger partial charge on any atom is 0.331 e. The lowest BCUT2D eigenvalue weighted by atomic mass is 9.86. The number of carboxylic acid groups (broad SMARTS) is 2. The standard InChI is InChI=1S/2C18H36N2O3/c2*1-2-3-4-5-6-7-8-9-10-13-16(21)18(20,17(22)23)14-11-12-15-19/h2*2-15,19-20H2,1H3,(H,22,23). The van der Waals surface area contributed by atoms with Gasteiger partial charge in [0.2, 0.25) is 0 Å². The molecule has 46 heavy (non-hydrogen) atoms. The first-order chi connectivity index (χ1) is 22.0. The lowest BCUT2D eigenvalue weighted by molar-refractivity contribution is -0.150. The number of rotatable bonds is 32. The summed E-state index contributed by atoms with van der Waals surface area (Å²) >= 11 is 0. The molecule has 0 aliphatic carbocycles. The highest BCUT2D eigenvalue weighted by molar-refractivity contribution is 6.08. The summed E-state index contributed by atoms with van der Waals surface area (Å²) in [4.78, 5) is 47.0. The number of carbonyl (C=O) groups excluding carboxylic acids is 2. The molecule has 0 bridgehead atoms. The van der Waals surface area contributed by atoms with Crippen LogP contribution in [-0.2, 0) is 19.2 Å². The molecule has 10 heteroatoms. The van der Waals surface area contributed by atoms with Crippen molar-refractivity contribution in [2.45, 2.75) is 192 Å². The minimum Gasteiger partial charge on any atom is -0.480 e. The van der Waals surface area contributed by atoms with Gasteiger partial charge in [-0.2, -0.15) is 0 Å². The molecule has 0 aliphatic rings. The molecule has 2 atom stereocenters. The van der Waals surface area contributed by atoms with Crippen LogP contribution in [0.2, 0.25) is 0 Å². The van der Waals surface area contributed by atoms with Crippen molar-refractivity contribution in [3.05, 3.63) is 0 Å². The van der Waals surface area contributed by atoms with Gasteiger partial charge >= 0.3 is 11.9 Å². The summed E-state index contributed by atoms with van der Waals surface area (Å²) in [5.41, 5.74) is 19.0. The van der Waals surface area contributed by atoms with E-state index in [2.05, 4.69) is 13.8 Å². The maximum absolute atomic E-state index is 12.2. The second kappa shape index (κ2) is 30.5. The van der Waals surface area contributed by atoms with Gasteiger partial charge in [0.15, 0.2) is 22.6 Å². The Labute approximate surface area is 280 Å². The van der Waals surface area contributed by atoms with E-state index in [0.29, 0.717) is 38.8 Å². The van der Waals surface area contributed by atoms with Crippen molar-refractivity contribution in [2.75, 3.05) is 13.1 Å². The summed E-state index contributed by atoms with van der Waals surface area (Å²) in [5.74, 6) is -3.11. The molecule has 0 saturated heterocycles. The number of nitrogens with two attached hydrogens (primary N) is 4. The number of unbranched alkanes of at least 4 members (excludes halogenated alkanes) is 18. The molecule has 10 nitrogen and oxygen atoms in total. The Kier molecular flexibility index (Phi) is 30.6. The van der Waals surface area contributed by atoms with Crippen molar-refractivity contribution in [3.63, 3.8) is 0 Å². The second-order valence-electron chi connectivity index (χ2n) is 13.0. The maximum atomic E-state index is 12.2. The van der Waals surface area contributed by atoms with Crippen LogP contribution in [0.3, 0.4) is 0 Å². The first-order valence-corrected chi connectivity index (χ1v) is 18.5. The van der Waals surface area contributed by atoms with Crippen molar-refractivity contribution in [1.29, 1.82) is 0 Å². The zero-order valence-corrected chi connectivity index (χ0v) is 29.6. The molecule has 0 radical (unpaired) electrons. The van der Waals surface area contributed by atoms with Crippen LogP contribution >= 0.6 is 0 Å². The predicted octanol–water partition coefficient (Wildman–Crippen LogP) is 6.78. The molecular formula is C36H72N4O6. The van der Waals surface area contributed by atoms with Crippen LogP contribution in [0.5, 0.6) is 0 Å². The van der Waals surface area contributed by atoms with E-state index in [1.165, 1.54) is 77.0 Å². The van der Waals surface area contributed by atoms with Gasteiger partial charge in [-0.25, -0.2) is 9.59 Å². The Hall–Kier alpha value is -1.88. The minimum atomic E-state index is -1.73. The number of aliphatic carboxylic acids is 2. The van der Waals surface area contributed by atoms with E-state index in [1.807, 2.05) is 0 Å². The van der Waals surface area contributed by atoms with Crippen molar-refractivity contribution < 1.29 is 29.4 Å². The third-order valence-electron chi connectivity index (χ3n) is 8.82. The van der Waals surface area contributed by atoms with Crippen molar-refractivity contribution >= 4 is 23.5 Å². The summed E-state index contributed by atoms with van der Waals surface area (Å²) in [6.07, 6.45) is 24.3. The largest absolute Gasteiger partial charge is 0.480 e. The first kappa shape index (κ1) is 46.2. The highest BCUT2D eigenvalue weighted by Crippen LogP contribution is 2.19. The molecule has 0 aromatic rings. The first-order valence-electron chi connectivity index (χ1n) is 18.5. The Morgan fingerprint density at radius 2 is 0.696 bits per heavy atom. The van der Waals surface area contributed by atoms with Gasteiger partial charge in [0, 0.05) is 12.8 Å². The van der Waals surface area contributed by atoms with Gasteiger partial charge in [-0.15, -0.1) is 0 Å². The Balaban J connectivity index is 0. The van der Waals surface area contributed by atoms with E-state index in [1.54, 1.807) is 0 Å². The average molecular weight is 657 g/mol. The highest BCUT2D eigenvalue weighted by Gasteiger charge is 2.41. The van der Waals surface area contributed by atoms with E-state index < -0.39 is 23.0 Å². The Morgan fingerprint density at radius 3 is 0.935 bits per heavy atom. The van der Waals surface area contributed by atoms with Gasteiger partial charge in [-0.3, -0.25) is 9.59 Å². The van der Waals surface area contributed by atoms with Crippen LogP contribution in [0.1, 0.15) is 181 Å². The van der Waals surface area contributed by atoms with Crippen LogP contribution in [0.15, 0.2) is 0 Å². The summed E-state index contributed by atoms with van der Waals surface area (Å²) in [5, 5.41) is 18.5. The molecule has 0 spiro atoms. The van der Waals surface area contributed by atoms with E-state index in [-0.39, 0.29) is 37.2 Å². The molecule has 0 aliphatic heterocycles. The fourth-order valence-electron chi connectivity index (χ4n) is 5.47. The molecule has 0 rings (SSSR count). The Morgan fingerprint density at radius 1 is 0.435 bits per heavy atom. The average Bonchev–Trinajstić information content (AvgIpc) is 3.03. The van der Waals surface area contributed by atoms with Gasteiger partial charge in [-0.1, -0.05) is 117 Å². The predicted molar refractivity (Wildman–Crippen MR) is 189 cm³/mol. The SMILES string of the molecule is CCCCCCCCCCCC(=O)C(N)(CCCCN)C(=O)O.CCCCCCCCCCCC(=O)C(N)(CCCCN)C(=O)O. The number of ketones is 2. The lowest BCUT2D eigenvalue weighted by Gasteiger charge is -2.23. The summed E-state index contributed by atoms with van der Waals surface area (Å²) in [6.45, 7) is 5.40. The minimum absolute atomic E-state index is 0.176. The highest BCUT2D eigenvalue weighted by atomic mass is 16.4. The third kappa shape index (κ3) is 22.6. The van der Waals surface area contributed by atoms with Crippen molar-refractivity contribution in [3.8, 4) is 0 Å². The number of Topliss-reactive ketones (excluding diaryl/α,β-unsaturated/α-hetero) is 2. The molecule has 10 N–H and O–H groups in total. The summed E-state index contributed by atoms with van der Waals surface area (Å²) < 4.78 is 0. The van der Waals surface area contributed by atoms with Gasteiger partial charge < -0.3 is 33.1 Å². The smallest absolute Gasteiger partial charge is 0.331 e. The normalized spacial score (nSPS) is 13.7. The van der Waals surface area contributed by atoms with Crippen molar-refractivity contribution in [1.82, 2.24) is 0 Å². The van der Waals surface area contributed by atoms with E-state index in [9.17, 15) is 29.4 Å². The van der Waals surface area contributed by atoms with Crippen LogP contribution < -0.4 is 22.9 Å². The van der Waals surface area contributed by atoms with E-state index in [4.69, 9.17) is 22.9 Å². The third-order valence-corrected chi connectivity index (χ3v) is 8.82. The van der Waals surface area contributed by atoms with Crippen molar-refractivity contribution in [2.24, 2.45) is 22.9 Å². The monoisotopic (exact) mass is 657 g/mol. The summed E-state index contributed by atoms with van der Waals surface area (Å²) in [7, 11) is 0. The molecule has 0 heterocycles. The lowest BCUT2D eigenvalue weighted by Crippen LogP contribution is -2.54. The zero-order valence-electron chi connectivity index (χ0n) is 29.6. The number of hydrogen-bond acceptors (Lipinski definition) is 8. The molecule has 0 saturated carbocycles. The van der Waals surface area contributed by atoms with E-state index in [0.717, 1.165) is 38.5 Å². The van der Waals surface area contributed by atoms with Crippen LogP contribution in [0.4, 0.5) is 0 Å². The second-order valence-corrected chi connectivity index (χ2v) is 13.0. The van der Waals surface area contributed by atoms with Gasteiger partial charge in [0.1, 0.15) is 0 Å². The number of carboxylic acids is 2. The summed E-state index contributed by atoms with van der Waals surface area (Å²) in [6, 6.07) is 0. The van der Waals surface area contributed by atoms with Gasteiger partial charge in [0.25, 0.3) is 0 Å². The molecule has 0 aromatic carbocycles. The molecule has 2 unspecified atom stereocenters. The van der Waals surface area contributed by atoms with Crippen LogP contribution in [-0.4, -0.2) is 57.9 Å². The van der Waals surface area contributed by atoms with Crippen LogP contribution in [0.25, 0.3) is 0 Å². The molecular weight excluding hydrogens is 584 g/mol. The molecule has 272 valence electrons. The van der Waals surface area contributed by atoms with Gasteiger partial charge in [-0.05, 0) is 64.5 Å². The Bertz CT molecular complexity index is 732. The number of carbonyl (C=O) groups is 4. The number of hydrogen-bond donors (Lipinski definition) is 6.